The van der Waals surface area contributed by atoms with Gasteiger partial charge < -0.3 is 11.1 Å². The maximum Gasteiger partial charge on any atom is 0.262 e. The van der Waals surface area contributed by atoms with Crippen molar-refractivity contribution in [2.75, 3.05) is 11.9 Å². The lowest BCUT2D eigenvalue weighted by Crippen LogP contribution is -2.45. The number of benzene rings is 2. The number of anilines is 1. The minimum absolute atomic E-state index is 0. The van der Waals surface area contributed by atoms with Gasteiger partial charge in [-0.1, -0.05) is 36.4 Å². The zero-order chi connectivity index (χ0) is 19.5. The molecule has 0 fully saturated rings. The monoisotopic (exact) mass is 422 g/mol. The summed E-state index contributed by atoms with van der Waals surface area (Å²) in [5.74, 6) is 0.0272. The molecule has 0 saturated heterocycles. The lowest BCUT2D eigenvalue weighted by molar-refractivity contribution is -0.120. The molecule has 150 valence electrons. The Morgan fingerprint density at radius 3 is 2.50 bits per heavy atom. The van der Waals surface area contributed by atoms with E-state index in [9.17, 15) is 13.2 Å². The highest BCUT2D eigenvalue weighted by Gasteiger charge is 2.30. The second-order valence-electron chi connectivity index (χ2n) is 6.59. The summed E-state index contributed by atoms with van der Waals surface area (Å²) in [5, 5.41) is 2.70. The average molecular weight is 423 g/mol. The summed E-state index contributed by atoms with van der Waals surface area (Å²) in [5.41, 5.74) is 5.96. The first-order valence-corrected chi connectivity index (χ1v) is 10.1. The number of carbonyl (C=O) groups is 1. The summed E-state index contributed by atoms with van der Waals surface area (Å²) < 4.78 is 27.5. The number of nitrogens with one attached hydrogen (secondary N) is 2. The summed E-state index contributed by atoms with van der Waals surface area (Å²) in [4.78, 5) is 16.8. The molecule has 2 aromatic carbocycles. The molecule has 3 rings (SSSR count). The number of rotatable bonds is 5. The molecule has 28 heavy (non-hydrogen) atoms. The number of hydrogen-bond donors (Lipinski definition) is 3. The largest absolute Gasteiger partial charge is 0.324 e. The lowest BCUT2D eigenvalue weighted by atomic mass is 9.92. The first-order valence-electron chi connectivity index (χ1n) is 8.61. The highest BCUT2D eigenvalue weighted by molar-refractivity contribution is 7.90. The Kier molecular flexibility index (Phi) is 6.82. The van der Waals surface area contributed by atoms with Crippen molar-refractivity contribution < 1.29 is 13.2 Å². The van der Waals surface area contributed by atoms with Crippen LogP contribution in [0.25, 0.3) is 0 Å². The van der Waals surface area contributed by atoms with Crippen molar-refractivity contribution in [1.29, 1.82) is 0 Å². The van der Waals surface area contributed by atoms with Crippen molar-refractivity contribution in [2.24, 2.45) is 10.7 Å². The first-order chi connectivity index (χ1) is 12.8. The number of halogens is 1. The van der Waals surface area contributed by atoms with E-state index in [1.54, 1.807) is 43.3 Å². The van der Waals surface area contributed by atoms with E-state index in [0.29, 0.717) is 30.1 Å². The minimum Gasteiger partial charge on any atom is -0.324 e. The molecular weight excluding hydrogens is 400 g/mol. The molecule has 1 amide bonds. The van der Waals surface area contributed by atoms with Crippen LogP contribution in [0.2, 0.25) is 0 Å². The molecule has 0 bridgehead atoms. The van der Waals surface area contributed by atoms with Crippen LogP contribution in [-0.4, -0.2) is 26.7 Å². The third kappa shape index (κ3) is 4.89. The molecule has 0 radical (unpaired) electrons. The normalized spacial score (nSPS) is 15.7. The summed E-state index contributed by atoms with van der Waals surface area (Å²) in [6.45, 7) is 2.24. The van der Waals surface area contributed by atoms with Gasteiger partial charge in [0.1, 0.15) is 11.4 Å². The Morgan fingerprint density at radius 1 is 1.14 bits per heavy atom. The highest BCUT2D eigenvalue weighted by Crippen LogP contribution is 2.22. The van der Waals surface area contributed by atoms with Gasteiger partial charge in [-0.3, -0.25) is 14.5 Å². The molecule has 2 aromatic rings. The summed E-state index contributed by atoms with van der Waals surface area (Å²) in [6, 6.07) is 15.0. The second kappa shape index (κ2) is 8.72. The van der Waals surface area contributed by atoms with Gasteiger partial charge in [-0.25, -0.2) is 8.42 Å². The zero-order valence-electron chi connectivity index (χ0n) is 15.4. The molecule has 1 heterocycles. The van der Waals surface area contributed by atoms with Crippen molar-refractivity contribution in [3.8, 4) is 0 Å². The van der Waals surface area contributed by atoms with Crippen LogP contribution in [0.4, 0.5) is 5.69 Å². The van der Waals surface area contributed by atoms with Gasteiger partial charge in [-0.15, -0.1) is 12.4 Å². The minimum atomic E-state index is -3.75. The Bertz CT molecular complexity index is 976. The fourth-order valence-electron chi connectivity index (χ4n) is 2.75. The predicted octanol–water partition coefficient (Wildman–Crippen LogP) is 2.39. The molecule has 0 saturated carbocycles. The number of sulfonamides is 1. The van der Waals surface area contributed by atoms with Gasteiger partial charge in [0.05, 0.1) is 4.90 Å². The van der Waals surface area contributed by atoms with Crippen LogP contribution in [0.1, 0.15) is 25.3 Å². The number of aliphatic imine (C=N–C) groups is 1. The van der Waals surface area contributed by atoms with Crippen LogP contribution in [0.15, 0.2) is 64.5 Å². The Morgan fingerprint density at radius 2 is 1.86 bits per heavy atom. The van der Waals surface area contributed by atoms with Gasteiger partial charge in [0.2, 0.25) is 5.91 Å². The van der Waals surface area contributed by atoms with Crippen molar-refractivity contribution in [3.63, 3.8) is 0 Å². The summed E-state index contributed by atoms with van der Waals surface area (Å²) >= 11 is 0. The van der Waals surface area contributed by atoms with Crippen LogP contribution in [-0.2, 0) is 20.4 Å². The van der Waals surface area contributed by atoms with E-state index in [2.05, 4.69) is 15.0 Å². The topological polar surface area (TPSA) is 114 Å². The van der Waals surface area contributed by atoms with E-state index in [0.717, 1.165) is 6.42 Å². The van der Waals surface area contributed by atoms with Crippen LogP contribution >= 0.6 is 12.4 Å². The second-order valence-corrected chi connectivity index (χ2v) is 8.27. The fraction of sp³-hybridized carbons (Fsp3) is 0.263. The van der Waals surface area contributed by atoms with Gasteiger partial charge in [0.15, 0.2) is 0 Å². The number of hydrogen-bond acceptors (Lipinski definition) is 5. The Balaban J connectivity index is 0.00000280. The van der Waals surface area contributed by atoms with Gasteiger partial charge in [-0.05, 0) is 37.1 Å². The van der Waals surface area contributed by atoms with E-state index >= 15 is 0 Å². The average Bonchev–Trinajstić information content (AvgIpc) is 3.15. The summed E-state index contributed by atoms with van der Waals surface area (Å²) in [7, 11) is -3.75. The molecule has 4 N–H and O–H groups in total. The molecule has 0 spiro atoms. The number of nitrogens with zero attached hydrogens (tertiary/aromatic N) is 1. The maximum atomic E-state index is 12.7. The first kappa shape index (κ1) is 21.9. The molecule has 1 unspecified atom stereocenters. The molecule has 0 aromatic heterocycles. The van der Waals surface area contributed by atoms with Crippen LogP contribution in [0, 0.1) is 0 Å². The highest BCUT2D eigenvalue weighted by atomic mass is 35.5. The summed E-state index contributed by atoms with van der Waals surface area (Å²) in [6.07, 6.45) is 1.45. The van der Waals surface area contributed by atoms with Crippen LogP contribution < -0.4 is 15.8 Å². The van der Waals surface area contributed by atoms with E-state index in [4.69, 9.17) is 5.73 Å². The molecular formula is C19H23ClN4O3S. The number of amides is 1. The standard InChI is InChI=1S/C19H22N4O3S.ClH/c1-19(20,14-7-3-2-4-8-14)18(24)22-15-9-5-10-16(13-15)27(25,26)23-17-11-6-12-21-17;/h2-5,7-10,13H,6,11-12,20H2,1H3,(H,21,23)(H,22,24);1H. The fourth-order valence-corrected chi connectivity index (χ4v) is 3.89. The zero-order valence-corrected chi connectivity index (χ0v) is 17.0. The quantitative estimate of drug-likeness (QED) is 0.686. The van der Waals surface area contributed by atoms with Crippen molar-refractivity contribution >= 4 is 39.9 Å². The Hall–Kier alpha value is -2.42. The van der Waals surface area contributed by atoms with Gasteiger partial charge in [-0.2, -0.15) is 0 Å². The third-order valence-electron chi connectivity index (χ3n) is 4.37. The van der Waals surface area contributed by atoms with E-state index in [1.807, 2.05) is 6.07 Å². The smallest absolute Gasteiger partial charge is 0.262 e. The SMILES string of the molecule is CC(N)(C(=O)Nc1cccc(S(=O)(=O)NC2=NCCC2)c1)c1ccccc1.Cl. The molecule has 0 aliphatic carbocycles. The van der Waals surface area contributed by atoms with E-state index < -0.39 is 21.5 Å². The third-order valence-corrected chi connectivity index (χ3v) is 5.75. The van der Waals surface area contributed by atoms with E-state index in [-0.39, 0.29) is 17.3 Å². The van der Waals surface area contributed by atoms with Gasteiger partial charge >= 0.3 is 0 Å². The Labute approximate surface area is 170 Å². The molecule has 1 aliphatic rings. The van der Waals surface area contributed by atoms with Gasteiger partial charge in [0.25, 0.3) is 10.0 Å². The number of amidine groups is 1. The van der Waals surface area contributed by atoms with Crippen LogP contribution in [0.5, 0.6) is 0 Å². The van der Waals surface area contributed by atoms with Crippen LogP contribution in [0.3, 0.4) is 0 Å². The molecule has 1 aliphatic heterocycles. The van der Waals surface area contributed by atoms with E-state index in [1.165, 1.54) is 12.1 Å². The molecule has 1 atom stereocenters. The number of carbonyl (C=O) groups excluding carboxylic acids is 1. The lowest BCUT2D eigenvalue weighted by Gasteiger charge is -2.24. The number of nitrogens with two attached hydrogens (primary N) is 1. The van der Waals surface area contributed by atoms with Crippen molar-refractivity contribution in [1.82, 2.24) is 4.72 Å². The molecule has 7 nitrogen and oxygen atoms in total. The maximum absolute atomic E-state index is 12.7. The predicted molar refractivity (Wildman–Crippen MR) is 112 cm³/mol. The van der Waals surface area contributed by atoms with Gasteiger partial charge in [0, 0.05) is 18.7 Å². The molecule has 9 heteroatoms. The van der Waals surface area contributed by atoms with Crippen molar-refractivity contribution in [2.45, 2.75) is 30.2 Å². The van der Waals surface area contributed by atoms with Crippen molar-refractivity contribution in [3.05, 3.63) is 60.2 Å².